The zero-order valence-electron chi connectivity index (χ0n) is 13.3. The Morgan fingerprint density at radius 1 is 1.09 bits per heavy atom. The monoisotopic (exact) mass is 351 g/mol. The second-order valence-corrected chi connectivity index (χ2v) is 8.89. The van der Waals surface area contributed by atoms with E-state index >= 15 is 0 Å². The summed E-state index contributed by atoms with van der Waals surface area (Å²) in [5.74, 6) is 2.80. The first-order valence-electron chi connectivity index (χ1n) is 8.76. The molecular weight excluding hydrogens is 329 g/mol. The van der Waals surface area contributed by atoms with Crippen LogP contribution in [0.3, 0.4) is 0 Å². The van der Waals surface area contributed by atoms with Gasteiger partial charge in [0.1, 0.15) is 0 Å². The Kier molecular flexibility index (Phi) is 4.09. The van der Waals surface area contributed by atoms with Crippen LogP contribution in [0, 0.1) is 23.2 Å². The van der Waals surface area contributed by atoms with Crippen LogP contribution in [0.2, 0.25) is 10.0 Å². The van der Waals surface area contributed by atoms with Crippen LogP contribution >= 0.6 is 23.2 Å². The quantitative estimate of drug-likeness (QED) is 0.780. The van der Waals surface area contributed by atoms with Gasteiger partial charge in [0.15, 0.2) is 0 Å². The van der Waals surface area contributed by atoms with Gasteiger partial charge in [-0.05, 0) is 86.3 Å². The molecule has 4 aliphatic rings. The number of carbonyl (C=O) groups excluding carboxylic acids is 1. The number of nitrogens with one attached hydrogen (secondary N) is 1. The van der Waals surface area contributed by atoms with E-state index < -0.39 is 0 Å². The summed E-state index contributed by atoms with van der Waals surface area (Å²) >= 11 is 12.0. The second-order valence-electron chi connectivity index (χ2n) is 8.05. The summed E-state index contributed by atoms with van der Waals surface area (Å²) in [5.41, 5.74) is 1.02. The minimum Gasteiger partial charge on any atom is -0.352 e. The summed E-state index contributed by atoms with van der Waals surface area (Å²) < 4.78 is 0. The normalized spacial score (nSPS) is 34.6. The van der Waals surface area contributed by atoms with Crippen LogP contribution in [-0.4, -0.2) is 12.5 Å². The van der Waals surface area contributed by atoms with Gasteiger partial charge in [-0.1, -0.05) is 23.2 Å². The number of rotatable bonds is 4. The van der Waals surface area contributed by atoms with Crippen LogP contribution in [0.5, 0.6) is 0 Å². The molecule has 23 heavy (non-hydrogen) atoms. The molecule has 1 aromatic carbocycles. The van der Waals surface area contributed by atoms with Crippen molar-refractivity contribution in [3.05, 3.63) is 33.8 Å². The van der Waals surface area contributed by atoms with E-state index in [0.717, 1.165) is 30.7 Å². The van der Waals surface area contributed by atoms with Gasteiger partial charge < -0.3 is 5.32 Å². The molecule has 0 aromatic heterocycles. The number of hydrogen-bond donors (Lipinski definition) is 1. The van der Waals surface area contributed by atoms with Gasteiger partial charge in [0.05, 0.1) is 10.6 Å². The molecule has 0 aliphatic heterocycles. The minimum absolute atomic E-state index is 0.0867. The van der Waals surface area contributed by atoms with Crippen LogP contribution in [0.4, 0.5) is 0 Å². The molecule has 5 rings (SSSR count). The molecule has 4 aliphatic carbocycles. The smallest absolute Gasteiger partial charge is 0.252 e. The number of hydrogen-bond acceptors (Lipinski definition) is 1. The molecule has 0 atom stereocenters. The fourth-order valence-corrected chi connectivity index (χ4v) is 6.30. The molecule has 1 N–H and O–H groups in total. The van der Waals surface area contributed by atoms with Crippen molar-refractivity contribution in [2.75, 3.05) is 6.54 Å². The lowest BCUT2D eigenvalue weighted by molar-refractivity contribution is -0.0564. The van der Waals surface area contributed by atoms with Crippen molar-refractivity contribution in [1.29, 1.82) is 0 Å². The van der Waals surface area contributed by atoms with Crippen molar-refractivity contribution in [3.63, 3.8) is 0 Å². The summed E-state index contributed by atoms with van der Waals surface area (Å²) in [6.07, 6.45) is 9.67. The standard InChI is InChI=1S/C19H23Cl2NO/c20-15-1-2-16(17(21)8-15)18(23)22-4-3-19-9-12-5-13(10-19)7-14(6-12)11-19/h1-2,8,12-14H,3-7,9-11H2,(H,22,23). The molecular formula is C19H23Cl2NO. The van der Waals surface area contributed by atoms with Gasteiger partial charge >= 0.3 is 0 Å². The van der Waals surface area contributed by atoms with E-state index in [2.05, 4.69) is 5.32 Å². The fourth-order valence-electron chi connectivity index (χ4n) is 5.81. The van der Waals surface area contributed by atoms with Crippen molar-refractivity contribution >= 4 is 29.1 Å². The molecule has 2 nitrogen and oxygen atoms in total. The Morgan fingerprint density at radius 3 is 2.26 bits per heavy atom. The molecule has 0 unspecified atom stereocenters. The lowest BCUT2D eigenvalue weighted by atomic mass is 9.49. The Bertz CT molecular complexity index is 593. The third kappa shape index (κ3) is 3.13. The summed E-state index contributed by atoms with van der Waals surface area (Å²) in [6.45, 7) is 0.754. The zero-order chi connectivity index (χ0) is 16.0. The third-order valence-electron chi connectivity index (χ3n) is 6.28. The SMILES string of the molecule is O=C(NCCC12CC3CC(CC(C3)C1)C2)c1ccc(Cl)cc1Cl. The molecule has 124 valence electrons. The summed E-state index contributed by atoms with van der Waals surface area (Å²) in [5, 5.41) is 4.04. The van der Waals surface area contributed by atoms with E-state index in [0.29, 0.717) is 21.0 Å². The summed E-state index contributed by atoms with van der Waals surface area (Å²) in [6, 6.07) is 5.03. The molecule has 0 spiro atoms. The predicted molar refractivity (Wildman–Crippen MR) is 94.0 cm³/mol. The second kappa shape index (κ2) is 5.97. The highest BCUT2D eigenvalue weighted by molar-refractivity contribution is 6.36. The van der Waals surface area contributed by atoms with Crippen LogP contribution in [-0.2, 0) is 0 Å². The average molecular weight is 352 g/mol. The first-order chi connectivity index (χ1) is 11.0. The Hall–Kier alpha value is -0.730. The lowest BCUT2D eigenvalue weighted by Crippen LogP contribution is -2.47. The van der Waals surface area contributed by atoms with Crippen LogP contribution in [0.1, 0.15) is 55.3 Å². The fraction of sp³-hybridized carbons (Fsp3) is 0.632. The minimum atomic E-state index is -0.0867. The van der Waals surface area contributed by atoms with Crippen LogP contribution in [0.25, 0.3) is 0 Å². The maximum Gasteiger partial charge on any atom is 0.252 e. The molecule has 0 saturated heterocycles. The van der Waals surface area contributed by atoms with E-state index in [1.807, 2.05) is 0 Å². The van der Waals surface area contributed by atoms with E-state index in [4.69, 9.17) is 23.2 Å². The zero-order valence-corrected chi connectivity index (χ0v) is 14.8. The van der Waals surface area contributed by atoms with Crippen LogP contribution in [0.15, 0.2) is 18.2 Å². The topological polar surface area (TPSA) is 29.1 Å². The largest absolute Gasteiger partial charge is 0.352 e. The first-order valence-corrected chi connectivity index (χ1v) is 9.52. The highest BCUT2D eigenvalue weighted by Gasteiger charge is 2.50. The van der Waals surface area contributed by atoms with Crippen molar-refractivity contribution in [2.24, 2.45) is 23.2 Å². The van der Waals surface area contributed by atoms with Crippen molar-refractivity contribution in [1.82, 2.24) is 5.32 Å². The highest BCUT2D eigenvalue weighted by Crippen LogP contribution is 2.61. The highest BCUT2D eigenvalue weighted by atomic mass is 35.5. The first kappa shape index (κ1) is 15.8. The van der Waals surface area contributed by atoms with Gasteiger partial charge in [0, 0.05) is 11.6 Å². The van der Waals surface area contributed by atoms with Gasteiger partial charge in [-0.25, -0.2) is 0 Å². The van der Waals surface area contributed by atoms with Gasteiger partial charge in [-0.2, -0.15) is 0 Å². The maximum absolute atomic E-state index is 12.3. The van der Waals surface area contributed by atoms with Gasteiger partial charge in [-0.3, -0.25) is 4.79 Å². The molecule has 1 amide bonds. The van der Waals surface area contributed by atoms with E-state index in [1.165, 1.54) is 38.5 Å². The molecule has 4 heteroatoms. The predicted octanol–water partition coefficient (Wildman–Crippen LogP) is 5.33. The van der Waals surface area contributed by atoms with Crippen molar-refractivity contribution < 1.29 is 4.79 Å². The summed E-state index contributed by atoms with van der Waals surface area (Å²) in [4.78, 5) is 12.3. The Labute approximate surface area is 147 Å². The van der Waals surface area contributed by atoms with E-state index in [1.54, 1.807) is 18.2 Å². The van der Waals surface area contributed by atoms with Gasteiger partial charge in [0.25, 0.3) is 5.91 Å². The number of amides is 1. The summed E-state index contributed by atoms with van der Waals surface area (Å²) in [7, 11) is 0. The molecule has 4 bridgehead atoms. The van der Waals surface area contributed by atoms with E-state index in [9.17, 15) is 4.79 Å². The lowest BCUT2D eigenvalue weighted by Gasteiger charge is -2.57. The molecule has 1 aromatic rings. The number of halogens is 2. The average Bonchev–Trinajstić information content (AvgIpc) is 2.45. The Balaban J connectivity index is 1.36. The molecule has 4 saturated carbocycles. The molecule has 4 fully saturated rings. The van der Waals surface area contributed by atoms with E-state index in [-0.39, 0.29) is 5.91 Å². The number of carbonyl (C=O) groups is 1. The number of benzene rings is 1. The molecule has 0 heterocycles. The Morgan fingerprint density at radius 2 is 1.70 bits per heavy atom. The van der Waals surface area contributed by atoms with Crippen LogP contribution < -0.4 is 5.32 Å². The maximum atomic E-state index is 12.3. The third-order valence-corrected chi connectivity index (χ3v) is 6.83. The molecule has 0 radical (unpaired) electrons. The van der Waals surface area contributed by atoms with Crippen molar-refractivity contribution in [3.8, 4) is 0 Å². The van der Waals surface area contributed by atoms with Gasteiger partial charge in [-0.15, -0.1) is 0 Å². The van der Waals surface area contributed by atoms with Gasteiger partial charge in [0.2, 0.25) is 0 Å². The van der Waals surface area contributed by atoms with Crippen molar-refractivity contribution in [2.45, 2.75) is 44.9 Å².